The van der Waals surface area contributed by atoms with Crippen LogP contribution in [0.15, 0.2) is 42.6 Å². The van der Waals surface area contributed by atoms with Crippen molar-refractivity contribution >= 4 is 12.4 Å². The molecule has 32 heavy (non-hydrogen) atoms. The quantitative estimate of drug-likeness (QED) is 0.676. The van der Waals surface area contributed by atoms with Gasteiger partial charge in [-0.2, -0.15) is 0 Å². The van der Waals surface area contributed by atoms with E-state index in [1.54, 1.807) is 6.20 Å². The van der Waals surface area contributed by atoms with Crippen molar-refractivity contribution in [3.63, 3.8) is 0 Å². The van der Waals surface area contributed by atoms with Crippen LogP contribution in [0.2, 0.25) is 0 Å². The van der Waals surface area contributed by atoms with Gasteiger partial charge in [0.1, 0.15) is 6.61 Å². The number of aliphatic carboxylic acids is 1. The number of likely N-dealkylation sites (tertiary alicyclic amines) is 1. The molecule has 0 aliphatic carbocycles. The largest absolute Gasteiger partial charge is 0.484 e. The molecular weight excluding hydrogens is 412 g/mol. The number of ether oxygens (including phenoxy) is 2. The third kappa shape index (κ3) is 5.56. The Morgan fingerprint density at radius 2 is 1.88 bits per heavy atom. The molecule has 0 amide bonds. The summed E-state index contributed by atoms with van der Waals surface area (Å²) in [6, 6.07) is 12.2. The summed E-state index contributed by atoms with van der Waals surface area (Å²) in [5.41, 5.74) is 1.68. The van der Waals surface area contributed by atoms with Crippen LogP contribution < -0.4 is 9.47 Å². The molecule has 2 aliphatic rings. The molecule has 1 saturated heterocycles. The minimum atomic E-state index is -0.696. The smallest absolute Gasteiger partial charge is 0.309 e. The minimum absolute atomic E-state index is 0.152. The summed E-state index contributed by atoms with van der Waals surface area (Å²) in [5.74, 6) is 0.770. The van der Waals surface area contributed by atoms with E-state index in [1.165, 1.54) is 5.56 Å². The van der Waals surface area contributed by atoms with E-state index < -0.39 is 11.4 Å². The highest BCUT2D eigenvalue weighted by Gasteiger charge is 2.38. The predicted octanol–water partition coefficient (Wildman–Crippen LogP) is 3.62. The van der Waals surface area contributed by atoms with Gasteiger partial charge >= 0.3 is 5.97 Å². The van der Waals surface area contributed by atoms with Gasteiger partial charge in [0.05, 0.1) is 5.41 Å². The second kappa shape index (κ2) is 10.5. The number of aromatic nitrogens is 1. The van der Waals surface area contributed by atoms with E-state index in [-0.39, 0.29) is 18.5 Å². The summed E-state index contributed by atoms with van der Waals surface area (Å²) < 4.78 is 11.7. The van der Waals surface area contributed by atoms with Gasteiger partial charge in [0.15, 0.2) is 11.9 Å². The summed E-state index contributed by atoms with van der Waals surface area (Å²) in [7, 11) is 0. The molecule has 1 aromatic heterocycles. The molecule has 3 heterocycles. The standard InChI is InChI=1S/C23H28N2O4.CH2O2/c1-23(2,22(26)27)18-9-12-25(13-10-18)14-16-5-7-17(8-6-16)20-15-28-19-4-3-11-24-21(19)29-20;2-1-3/h3-8,11,18,20H,9-10,12-15H2,1-2H3,(H,26,27);1H,(H,2,3). The van der Waals surface area contributed by atoms with Crippen molar-refractivity contribution in [2.75, 3.05) is 19.7 Å². The number of rotatable bonds is 5. The number of carboxylic acid groups (broad SMARTS) is 2. The molecule has 4 rings (SSSR count). The van der Waals surface area contributed by atoms with Gasteiger partial charge in [-0.15, -0.1) is 0 Å². The topological polar surface area (TPSA) is 109 Å². The molecule has 1 fully saturated rings. The summed E-state index contributed by atoms with van der Waals surface area (Å²) >= 11 is 0. The van der Waals surface area contributed by atoms with Gasteiger partial charge < -0.3 is 19.7 Å². The average molecular weight is 443 g/mol. The van der Waals surface area contributed by atoms with Gasteiger partial charge in [-0.05, 0) is 69.0 Å². The lowest BCUT2D eigenvalue weighted by Gasteiger charge is -2.38. The van der Waals surface area contributed by atoms with E-state index in [2.05, 4.69) is 34.1 Å². The number of hydrogen-bond acceptors (Lipinski definition) is 6. The number of benzene rings is 1. The van der Waals surface area contributed by atoms with E-state index in [1.807, 2.05) is 26.0 Å². The van der Waals surface area contributed by atoms with Crippen LogP contribution in [0.5, 0.6) is 11.6 Å². The summed E-state index contributed by atoms with van der Waals surface area (Å²) in [6.07, 6.45) is 3.41. The SMILES string of the molecule is CC(C)(C(=O)O)C1CCN(Cc2ccc(C3COc4cccnc4O3)cc2)CC1.O=CO. The second-order valence-electron chi connectivity index (χ2n) is 8.65. The Bertz CT molecular complexity index is 907. The van der Waals surface area contributed by atoms with E-state index in [4.69, 9.17) is 19.4 Å². The normalized spacial score (nSPS) is 18.9. The molecule has 2 aromatic rings. The van der Waals surface area contributed by atoms with Crippen molar-refractivity contribution in [3.8, 4) is 11.6 Å². The highest BCUT2D eigenvalue weighted by molar-refractivity contribution is 5.74. The van der Waals surface area contributed by atoms with Crippen molar-refractivity contribution in [3.05, 3.63) is 53.7 Å². The van der Waals surface area contributed by atoms with E-state index in [0.29, 0.717) is 18.2 Å². The van der Waals surface area contributed by atoms with Crippen LogP contribution in [0, 0.1) is 11.3 Å². The number of nitrogens with zero attached hydrogens (tertiary/aromatic N) is 2. The van der Waals surface area contributed by atoms with Crippen LogP contribution >= 0.6 is 0 Å². The number of piperidine rings is 1. The van der Waals surface area contributed by atoms with Gasteiger partial charge in [0, 0.05) is 12.7 Å². The average Bonchev–Trinajstić information content (AvgIpc) is 2.80. The summed E-state index contributed by atoms with van der Waals surface area (Å²) in [5, 5.41) is 16.3. The molecule has 172 valence electrons. The van der Waals surface area contributed by atoms with Crippen LogP contribution in [0.25, 0.3) is 0 Å². The zero-order valence-corrected chi connectivity index (χ0v) is 18.4. The van der Waals surface area contributed by atoms with E-state index in [9.17, 15) is 9.90 Å². The molecule has 2 aliphatic heterocycles. The molecule has 8 nitrogen and oxygen atoms in total. The minimum Gasteiger partial charge on any atom is -0.484 e. The molecule has 8 heteroatoms. The first-order valence-corrected chi connectivity index (χ1v) is 10.7. The third-order valence-electron chi connectivity index (χ3n) is 6.30. The lowest BCUT2D eigenvalue weighted by molar-refractivity contribution is -0.151. The van der Waals surface area contributed by atoms with Crippen LogP contribution in [-0.4, -0.2) is 52.2 Å². The first-order valence-electron chi connectivity index (χ1n) is 10.7. The number of carbonyl (C=O) groups is 2. The van der Waals surface area contributed by atoms with Gasteiger partial charge in [-0.3, -0.25) is 14.5 Å². The second-order valence-corrected chi connectivity index (χ2v) is 8.65. The van der Waals surface area contributed by atoms with Crippen molar-refractivity contribution in [1.82, 2.24) is 9.88 Å². The fourth-order valence-electron chi connectivity index (χ4n) is 4.16. The first kappa shape index (κ1) is 23.5. The molecule has 1 aromatic carbocycles. The van der Waals surface area contributed by atoms with Gasteiger partial charge in [-0.1, -0.05) is 24.3 Å². The summed E-state index contributed by atoms with van der Waals surface area (Å²) in [4.78, 5) is 26.5. The van der Waals surface area contributed by atoms with Crippen LogP contribution in [0.3, 0.4) is 0 Å². The van der Waals surface area contributed by atoms with Gasteiger partial charge in [0.25, 0.3) is 12.4 Å². The van der Waals surface area contributed by atoms with Gasteiger partial charge in [0.2, 0.25) is 0 Å². The fraction of sp³-hybridized carbons (Fsp3) is 0.458. The Kier molecular flexibility index (Phi) is 7.69. The Morgan fingerprint density at radius 3 is 2.50 bits per heavy atom. The van der Waals surface area contributed by atoms with Crippen molar-refractivity contribution in [1.29, 1.82) is 0 Å². The molecule has 2 N–H and O–H groups in total. The van der Waals surface area contributed by atoms with Crippen molar-refractivity contribution in [2.24, 2.45) is 11.3 Å². The number of carboxylic acids is 1. The van der Waals surface area contributed by atoms with Crippen LogP contribution in [0.1, 0.15) is 43.9 Å². The maximum Gasteiger partial charge on any atom is 0.309 e. The van der Waals surface area contributed by atoms with Crippen LogP contribution in [-0.2, 0) is 16.1 Å². The molecule has 0 saturated carbocycles. The number of fused-ring (bicyclic) bond motifs is 1. The number of pyridine rings is 1. The van der Waals surface area contributed by atoms with Gasteiger partial charge in [-0.25, -0.2) is 4.98 Å². The maximum atomic E-state index is 11.5. The van der Waals surface area contributed by atoms with Crippen molar-refractivity contribution < 1.29 is 29.3 Å². The molecule has 0 spiro atoms. The predicted molar refractivity (Wildman–Crippen MR) is 118 cm³/mol. The Hall–Kier alpha value is -3.13. The lowest BCUT2D eigenvalue weighted by atomic mass is 9.74. The zero-order chi connectivity index (χ0) is 23.1. The molecule has 0 radical (unpaired) electrons. The number of hydrogen-bond donors (Lipinski definition) is 2. The van der Waals surface area contributed by atoms with Crippen molar-refractivity contribution in [2.45, 2.75) is 39.3 Å². The highest BCUT2D eigenvalue weighted by atomic mass is 16.6. The Labute approximate surface area is 187 Å². The first-order chi connectivity index (χ1) is 15.3. The third-order valence-corrected chi connectivity index (χ3v) is 6.30. The summed E-state index contributed by atoms with van der Waals surface area (Å²) in [6.45, 7) is 6.67. The maximum absolute atomic E-state index is 11.5. The zero-order valence-electron chi connectivity index (χ0n) is 18.4. The Morgan fingerprint density at radius 1 is 1.22 bits per heavy atom. The lowest BCUT2D eigenvalue weighted by Crippen LogP contribution is -2.41. The Balaban J connectivity index is 0.000000913. The van der Waals surface area contributed by atoms with E-state index in [0.717, 1.165) is 38.0 Å². The monoisotopic (exact) mass is 442 g/mol. The molecular formula is C24H30N2O6. The fourth-order valence-corrected chi connectivity index (χ4v) is 4.16. The highest BCUT2D eigenvalue weighted by Crippen LogP contribution is 2.36. The van der Waals surface area contributed by atoms with E-state index >= 15 is 0 Å². The molecule has 1 atom stereocenters. The molecule has 0 bridgehead atoms. The molecule has 1 unspecified atom stereocenters. The van der Waals surface area contributed by atoms with Crippen LogP contribution in [0.4, 0.5) is 0 Å².